The molecule has 0 bridgehead atoms. The number of aldehydes is 1. The molecule has 104 valence electrons. The number of nitrogens with zero attached hydrogens (tertiary/aromatic N) is 1. The lowest BCUT2D eigenvalue weighted by Gasteiger charge is -2.36. The Morgan fingerprint density at radius 2 is 2.05 bits per heavy atom. The summed E-state index contributed by atoms with van der Waals surface area (Å²) in [6, 6.07) is 7.08. The Balaban J connectivity index is 2.31. The average Bonchev–Trinajstić information content (AvgIpc) is 2.47. The van der Waals surface area contributed by atoms with Crippen molar-refractivity contribution in [1.82, 2.24) is 0 Å². The number of thioether (sulfide) groups is 1. The van der Waals surface area contributed by atoms with E-state index < -0.39 is 15.2 Å². The second-order valence-corrected chi connectivity index (χ2v) is 7.98. The van der Waals surface area contributed by atoms with Crippen LogP contribution < -0.4 is 4.90 Å². The third-order valence-electron chi connectivity index (χ3n) is 3.26. The van der Waals surface area contributed by atoms with Gasteiger partial charge in [0.15, 0.2) is 9.84 Å². The van der Waals surface area contributed by atoms with E-state index in [1.807, 2.05) is 17.0 Å². The smallest absolute Gasteiger partial charge is 0.171 e. The van der Waals surface area contributed by atoms with E-state index in [1.165, 1.54) is 0 Å². The van der Waals surface area contributed by atoms with E-state index in [2.05, 4.69) is 0 Å². The summed E-state index contributed by atoms with van der Waals surface area (Å²) in [5, 5.41) is -0.460. The fraction of sp³-hybridized carbons (Fsp3) is 0.462. The zero-order valence-electron chi connectivity index (χ0n) is 10.8. The van der Waals surface area contributed by atoms with Crippen LogP contribution in [0.4, 0.5) is 5.69 Å². The zero-order valence-corrected chi connectivity index (χ0v) is 12.4. The average molecular weight is 299 g/mol. The van der Waals surface area contributed by atoms with Crippen molar-refractivity contribution < 1.29 is 13.2 Å². The van der Waals surface area contributed by atoms with Crippen molar-refractivity contribution in [2.24, 2.45) is 0 Å². The lowest BCUT2D eigenvalue weighted by molar-refractivity contribution is 0.112. The Bertz CT molecular complexity index is 540. The van der Waals surface area contributed by atoms with Gasteiger partial charge in [-0.2, -0.15) is 11.8 Å². The molecule has 6 heteroatoms. The highest BCUT2D eigenvalue weighted by Crippen LogP contribution is 2.27. The summed E-state index contributed by atoms with van der Waals surface area (Å²) in [6.45, 7) is 2.40. The second-order valence-electron chi connectivity index (χ2n) is 4.38. The first-order valence-electron chi connectivity index (χ1n) is 6.19. The van der Waals surface area contributed by atoms with Gasteiger partial charge >= 0.3 is 0 Å². The van der Waals surface area contributed by atoms with Crippen LogP contribution in [0.5, 0.6) is 0 Å². The van der Waals surface area contributed by atoms with Crippen molar-refractivity contribution in [3.8, 4) is 0 Å². The van der Waals surface area contributed by atoms with Crippen LogP contribution in [0.15, 0.2) is 24.3 Å². The van der Waals surface area contributed by atoms with Crippen LogP contribution in [0.25, 0.3) is 0 Å². The van der Waals surface area contributed by atoms with Gasteiger partial charge in [-0.1, -0.05) is 6.92 Å². The highest BCUT2D eigenvalue weighted by molar-refractivity contribution is 8.01. The highest BCUT2D eigenvalue weighted by atomic mass is 32.2. The van der Waals surface area contributed by atoms with Crippen LogP contribution in [-0.2, 0) is 9.84 Å². The van der Waals surface area contributed by atoms with Crippen molar-refractivity contribution in [3.05, 3.63) is 29.8 Å². The molecule has 0 radical (unpaired) electrons. The SMILES string of the molecule is CCS(=O)(=O)C1CSCCN1c1ccc(C=O)cc1. The van der Waals surface area contributed by atoms with Crippen LogP contribution in [0.1, 0.15) is 17.3 Å². The molecular formula is C13H17NO3S2. The summed E-state index contributed by atoms with van der Waals surface area (Å²) in [5.41, 5.74) is 1.47. The van der Waals surface area contributed by atoms with Gasteiger partial charge in [0.1, 0.15) is 11.7 Å². The Labute approximate surface area is 118 Å². The van der Waals surface area contributed by atoms with Crippen molar-refractivity contribution in [2.75, 3.05) is 28.7 Å². The molecule has 0 spiro atoms. The fourth-order valence-corrected chi connectivity index (χ4v) is 5.10. The van der Waals surface area contributed by atoms with E-state index in [4.69, 9.17) is 0 Å². The Kier molecular flexibility index (Phi) is 4.52. The first-order chi connectivity index (χ1) is 9.08. The number of benzene rings is 1. The van der Waals surface area contributed by atoms with Gasteiger partial charge in [-0.15, -0.1) is 0 Å². The fourth-order valence-electron chi connectivity index (χ4n) is 2.11. The predicted molar refractivity (Wildman–Crippen MR) is 79.7 cm³/mol. The number of sulfone groups is 1. The summed E-state index contributed by atoms with van der Waals surface area (Å²) in [6.07, 6.45) is 0.788. The van der Waals surface area contributed by atoms with Crippen molar-refractivity contribution >= 4 is 33.6 Å². The van der Waals surface area contributed by atoms with Crippen LogP contribution in [0.2, 0.25) is 0 Å². The lowest BCUT2D eigenvalue weighted by atomic mass is 10.2. The number of anilines is 1. The van der Waals surface area contributed by atoms with Gasteiger partial charge < -0.3 is 4.90 Å². The maximum atomic E-state index is 12.2. The van der Waals surface area contributed by atoms with Crippen molar-refractivity contribution in [1.29, 1.82) is 0 Å². The van der Waals surface area contributed by atoms with E-state index in [-0.39, 0.29) is 5.75 Å². The second kappa shape index (κ2) is 5.96. The zero-order chi connectivity index (χ0) is 13.9. The molecule has 1 saturated heterocycles. The standard InChI is InChI=1S/C13H17NO3S2/c1-2-19(16,17)13-10-18-8-7-14(13)12-5-3-11(9-15)4-6-12/h3-6,9,13H,2,7-8,10H2,1H3. The van der Waals surface area contributed by atoms with Crippen molar-refractivity contribution in [3.63, 3.8) is 0 Å². The molecule has 0 N–H and O–H groups in total. The number of rotatable bonds is 4. The summed E-state index contributed by atoms with van der Waals surface area (Å²) < 4.78 is 24.3. The van der Waals surface area contributed by atoms with Gasteiger partial charge in [0.2, 0.25) is 0 Å². The molecule has 1 aliphatic heterocycles. The first kappa shape index (κ1) is 14.4. The summed E-state index contributed by atoms with van der Waals surface area (Å²) in [4.78, 5) is 12.6. The summed E-state index contributed by atoms with van der Waals surface area (Å²) in [5.74, 6) is 1.68. The Hall–Kier alpha value is -1.01. The molecule has 4 nitrogen and oxygen atoms in total. The first-order valence-corrected chi connectivity index (χ1v) is 9.06. The molecule has 0 aromatic heterocycles. The number of hydrogen-bond donors (Lipinski definition) is 0. The minimum absolute atomic E-state index is 0.154. The quantitative estimate of drug-likeness (QED) is 0.794. The molecular weight excluding hydrogens is 282 g/mol. The van der Waals surface area contributed by atoms with E-state index >= 15 is 0 Å². The predicted octanol–water partition coefficient (Wildman–Crippen LogP) is 1.81. The van der Waals surface area contributed by atoms with Crippen LogP contribution in [0, 0.1) is 0 Å². The number of carbonyl (C=O) groups is 1. The molecule has 1 aromatic carbocycles. The Morgan fingerprint density at radius 1 is 1.37 bits per heavy atom. The van der Waals surface area contributed by atoms with Crippen LogP contribution >= 0.6 is 11.8 Å². The van der Waals surface area contributed by atoms with Crippen molar-refractivity contribution in [2.45, 2.75) is 12.3 Å². The topological polar surface area (TPSA) is 54.5 Å². The van der Waals surface area contributed by atoms with Gasteiger partial charge in [-0.05, 0) is 24.3 Å². The molecule has 1 aliphatic rings. The molecule has 1 unspecified atom stereocenters. The molecule has 0 saturated carbocycles. The molecule has 1 atom stereocenters. The highest BCUT2D eigenvalue weighted by Gasteiger charge is 2.32. The van der Waals surface area contributed by atoms with Gasteiger partial charge in [-0.3, -0.25) is 4.79 Å². The Morgan fingerprint density at radius 3 is 2.63 bits per heavy atom. The molecule has 1 aromatic rings. The maximum absolute atomic E-state index is 12.2. The molecule has 1 fully saturated rings. The normalized spacial score (nSPS) is 20.3. The largest absolute Gasteiger partial charge is 0.353 e. The molecule has 2 rings (SSSR count). The van der Waals surface area contributed by atoms with E-state index in [1.54, 1.807) is 30.8 Å². The molecule has 0 aliphatic carbocycles. The van der Waals surface area contributed by atoms with Gasteiger partial charge in [0.25, 0.3) is 0 Å². The summed E-state index contributed by atoms with van der Waals surface area (Å²) >= 11 is 1.67. The van der Waals surface area contributed by atoms with Crippen LogP contribution in [-0.4, -0.2) is 43.9 Å². The third-order valence-corrected chi connectivity index (χ3v) is 6.55. The minimum Gasteiger partial charge on any atom is -0.353 e. The number of carbonyl (C=O) groups excluding carboxylic acids is 1. The van der Waals surface area contributed by atoms with E-state index in [0.29, 0.717) is 11.3 Å². The van der Waals surface area contributed by atoms with E-state index in [0.717, 1.165) is 24.3 Å². The third kappa shape index (κ3) is 3.12. The maximum Gasteiger partial charge on any atom is 0.171 e. The lowest BCUT2D eigenvalue weighted by Crippen LogP contribution is -2.48. The van der Waals surface area contributed by atoms with Gasteiger partial charge in [-0.25, -0.2) is 8.42 Å². The number of hydrogen-bond acceptors (Lipinski definition) is 5. The molecule has 1 heterocycles. The van der Waals surface area contributed by atoms with Crippen LogP contribution in [0.3, 0.4) is 0 Å². The summed E-state index contributed by atoms with van der Waals surface area (Å²) in [7, 11) is -3.10. The van der Waals surface area contributed by atoms with Gasteiger partial charge in [0, 0.05) is 35.1 Å². The molecule has 19 heavy (non-hydrogen) atoms. The minimum atomic E-state index is -3.10. The molecule has 0 amide bonds. The van der Waals surface area contributed by atoms with Gasteiger partial charge in [0.05, 0.1) is 0 Å². The van der Waals surface area contributed by atoms with E-state index in [9.17, 15) is 13.2 Å². The monoisotopic (exact) mass is 299 g/mol.